The van der Waals surface area contributed by atoms with E-state index in [-0.39, 0.29) is 24.4 Å². The van der Waals surface area contributed by atoms with Crippen LogP contribution in [0.1, 0.15) is 52.4 Å². The Kier molecular flexibility index (Phi) is 8.61. The van der Waals surface area contributed by atoms with Crippen LogP contribution in [0.4, 0.5) is 0 Å². The molecule has 1 aliphatic carbocycles. The van der Waals surface area contributed by atoms with E-state index in [4.69, 9.17) is 5.73 Å². The molecule has 17 heavy (non-hydrogen) atoms. The van der Waals surface area contributed by atoms with Gasteiger partial charge in [-0.3, -0.25) is 4.79 Å². The first kappa shape index (κ1) is 16.7. The number of carbonyl (C=O) groups is 1. The lowest BCUT2D eigenvalue weighted by Crippen LogP contribution is -2.42. The highest BCUT2D eigenvalue weighted by molar-refractivity contribution is 5.85. The fourth-order valence-electron chi connectivity index (χ4n) is 2.56. The SMILES string of the molecule is CCCC(N)C(=O)NCC1CCCC(C)C1.Cl. The molecule has 1 amide bonds. The smallest absolute Gasteiger partial charge is 0.236 e. The van der Waals surface area contributed by atoms with Gasteiger partial charge in [-0.05, 0) is 31.1 Å². The van der Waals surface area contributed by atoms with E-state index in [0.29, 0.717) is 5.92 Å². The van der Waals surface area contributed by atoms with Gasteiger partial charge < -0.3 is 11.1 Å². The van der Waals surface area contributed by atoms with Crippen LogP contribution in [-0.4, -0.2) is 18.5 Å². The van der Waals surface area contributed by atoms with Crippen LogP contribution >= 0.6 is 12.4 Å². The fraction of sp³-hybridized carbons (Fsp3) is 0.923. The van der Waals surface area contributed by atoms with Crippen molar-refractivity contribution >= 4 is 18.3 Å². The molecule has 4 heteroatoms. The fourth-order valence-corrected chi connectivity index (χ4v) is 2.56. The van der Waals surface area contributed by atoms with E-state index >= 15 is 0 Å². The second kappa shape index (κ2) is 8.76. The maximum absolute atomic E-state index is 11.6. The Bertz CT molecular complexity index is 223. The lowest BCUT2D eigenvalue weighted by molar-refractivity contribution is -0.122. The molecule has 0 heterocycles. The predicted molar refractivity (Wildman–Crippen MR) is 74.3 cm³/mol. The number of halogens is 1. The summed E-state index contributed by atoms with van der Waals surface area (Å²) < 4.78 is 0. The summed E-state index contributed by atoms with van der Waals surface area (Å²) in [7, 11) is 0. The Labute approximate surface area is 111 Å². The summed E-state index contributed by atoms with van der Waals surface area (Å²) in [6.07, 6.45) is 6.92. The minimum absolute atomic E-state index is 0. The molecule has 3 N–H and O–H groups in total. The number of nitrogens with one attached hydrogen (secondary N) is 1. The number of carbonyl (C=O) groups excluding carboxylic acids is 1. The summed E-state index contributed by atoms with van der Waals surface area (Å²) in [4.78, 5) is 11.6. The van der Waals surface area contributed by atoms with Gasteiger partial charge in [0.15, 0.2) is 0 Å². The first-order valence-corrected chi connectivity index (χ1v) is 6.66. The average Bonchev–Trinajstić information content (AvgIpc) is 2.26. The molecule has 0 bridgehead atoms. The second-order valence-electron chi connectivity index (χ2n) is 5.28. The number of hydrogen-bond acceptors (Lipinski definition) is 2. The van der Waals surface area contributed by atoms with E-state index in [9.17, 15) is 4.79 Å². The zero-order valence-corrected chi connectivity index (χ0v) is 11.9. The average molecular weight is 263 g/mol. The van der Waals surface area contributed by atoms with E-state index in [1.807, 2.05) is 0 Å². The van der Waals surface area contributed by atoms with Crippen LogP contribution < -0.4 is 11.1 Å². The topological polar surface area (TPSA) is 55.1 Å². The van der Waals surface area contributed by atoms with Gasteiger partial charge in [-0.1, -0.05) is 33.1 Å². The molecular weight excluding hydrogens is 236 g/mol. The van der Waals surface area contributed by atoms with E-state index in [0.717, 1.165) is 25.3 Å². The standard InChI is InChI=1S/C13H26N2O.ClH/c1-3-5-12(14)13(16)15-9-11-7-4-6-10(2)8-11;/h10-12H,3-9,14H2,1-2H3,(H,15,16);1H. The summed E-state index contributed by atoms with van der Waals surface area (Å²) >= 11 is 0. The normalized spacial score (nSPS) is 25.8. The van der Waals surface area contributed by atoms with Crippen LogP contribution in [0.3, 0.4) is 0 Å². The maximum Gasteiger partial charge on any atom is 0.236 e. The first-order chi connectivity index (χ1) is 7.63. The van der Waals surface area contributed by atoms with Crippen molar-refractivity contribution in [3.05, 3.63) is 0 Å². The van der Waals surface area contributed by atoms with Gasteiger partial charge in [0.25, 0.3) is 0 Å². The van der Waals surface area contributed by atoms with Gasteiger partial charge in [-0.2, -0.15) is 0 Å². The molecule has 1 rings (SSSR count). The molecule has 1 aliphatic rings. The van der Waals surface area contributed by atoms with Gasteiger partial charge in [0, 0.05) is 6.54 Å². The quantitative estimate of drug-likeness (QED) is 0.800. The van der Waals surface area contributed by atoms with Gasteiger partial charge in [0.1, 0.15) is 0 Å². The van der Waals surface area contributed by atoms with Crippen molar-refractivity contribution < 1.29 is 4.79 Å². The summed E-state index contributed by atoms with van der Waals surface area (Å²) in [5.41, 5.74) is 5.76. The number of nitrogens with two attached hydrogens (primary N) is 1. The Morgan fingerprint density at radius 1 is 1.47 bits per heavy atom. The van der Waals surface area contributed by atoms with Crippen LogP contribution in [0, 0.1) is 11.8 Å². The first-order valence-electron chi connectivity index (χ1n) is 6.66. The molecule has 0 spiro atoms. The van der Waals surface area contributed by atoms with E-state index < -0.39 is 0 Å². The van der Waals surface area contributed by atoms with Crippen LogP contribution in [0.5, 0.6) is 0 Å². The summed E-state index contributed by atoms with van der Waals surface area (Å²) in [6.45, 7) is 5.17. The minimum Gasteiger partial charge on any atom is -0.354 e. The lowest BCUT2D eigenvalue weighted by Gasteiger charge is -2.27. The van der Waals surface area contributed by atoms with Crippen molar-refractivity contribution in [1.82, 2.24) is 5.32 Å². The lowest BCUT2D eigenvalue weighted by atomic mass is 9.82. The number of rotatable bonds is 5. The molecule has 0 aromatic carbocycles. The highest BCUT2D eigenvalue weighted by atomic mass is 35.5. The van der Waals surface area contributed by atoms with Gasteiger partial charge in [-0.15, -0.1) is 12.4 Å². The molecule has 3 unspecified atom stereocenters. The molecule has 0 aromatic rings. The minimum atomic E-state index is -0.314. The third kappa shape index (κ3) is 6.27. The third-order valence-electron chi connectivity index (χ3n) is 3.55. The van der Waals surface area contributed by atoms with Crippen molar-refractivity contribution in [2.75, 3.05) is 6.54 Å². The van der Waals surface area contributed by atoms with Gasteiger partial charge in [0.05, 0.1) is 6.04 Å². The Hall–Kier alpha value is -0.280. The van der Waals surface area contributed by atoms with Gasteiger partial charge in [-0.25, -0.2) is 0 Å². The van der Waals surface area contributed by atoms with Crippen LogP contribution in [0.25, 0.3) is 0 Å². The van der Waals surface area contributed by atoms with Crippen LogP contribution in [0.15, 0.2) is 0 Å². The second-order valence-corrected chi connectivity index (χ2v) is 5.28. The van der Waals surface area contributed by atoms with Gasteiger partial charge in [0.2, 0.25) is 5.91 Å². The van der Waals surface area contributed by atoms with E-state index in [1.165, 1.54) is 25.7 Å². The predicted octanol–water partition coefficient (Wildman–Crippen LogP) is 2.48. The van der Waals surface area contributed by atoms with Crippen molar-refractivity contribution in [2.24, 2.45) is 17.6 Å². The molecule has 1 fully saturated rings. The van der Waals surface area contributed by atoms with Crippen molar-refractivity contribution in [3.63, 3.8) is 0 Å². The molecule has 3 atom stereocenters. The van der Waals surface area contributed by atoms with E-state index in [1.54, 1.807) is 0 Å². The number of amides is 1. The maximum atomic E-state index is 11.6. The Morgan fingerprint density at radius 3 is 2.76 bits per heavy atom. The molecular formula is C13H27ClN2O. The molecule has 0 aromatic heterocycles. The zero-order valence-electron chi connectivity index (χ0n) is 11.1. The summed E-state index contributed by atoms with van der Waals surface area (Å²) in [5.74, 6) is 1.52. The molecule has 1 saturated carbocycles. The van der Waals surface area contributed by atoms with Crippen molar-refractivity contribution in [3.8, 4) is 0 Å². The third-order valence-corrected chi connectivity index (χ3v) is 3.55. The monoisotopic (exact) mass is 262 g/mol. The molecule has 0 radical (unpaired) electrons. The van der Waals surface area contributed by atoms with Crippen molar-refractivity contribution in [1.29, 1.82) is 0 Å². The van der Waals surface area contributed by atoms with Crippen molar-refractivity contribution in [2.45, 2.75) is 58.4 Å². The highest BCUT2D eigenvalue weighted by Crippen LogP contribution is 2.27. The molecule has 0 aliphatic heterocycles. The Balaban J connectivity index is 0.00000256. The number of hydrogen-bond donors (Lipinski definition) is 2. The summed E-state index contributed by atoms with van der Waals surface area (Å²) in [5, 5.41) is 2.99. The van der Waals surface area contributed by atoms with Crippen LogP contribution in [-0.2, 0) is 4.79 Å². The largest absolute Gasteiger partial charge is 0.354 e. The molecule has 102 valence electrons. The Morgan fingerprint density at radius 2 is 2.18 bits per heavy atom. The highest BCUT2D eigenvalue weighted by Gasteiger charge is 2.20. The van der Waals surface area contributed by atoms with Crippen LogP contribution in [0.2, 0.25) is 0 Å². The van der Waals surface area contributed by atoms with Gasteiger partial charge >= 0.3 is 0 Å². The summed E-state index contributed by atoms with van der Waals surface area (Å²) in [6, 6.07) is -0.314. The zero-order chi connectivity index (χ0) is 12.0. The van der Waals surface area contributed by atoms with E-state index in [2.05, 4.69) is 19.2 Å². The molecule has 0 saturated heterocycles. The molecule has 3 nitrogen and oxygen atoms in total.